The van der Waals surface area contributed by atoms with Gasteiger partial charge in [0.1, 0.15) is 0 Å². The molecule has 0 saturated heterocycles. The van der Waals surface area contributed by atoms with Crippen LogP contribution in [0.2, 0.25) is 0 Å². The molecule has 1 unspecified atom stereocenters. The molecular formula is C17H16O2S2. The summed E-state index contributed by atoms with van der Waals surface area (Å²) in [5.74, 6) is -0.451. The number of rotatable bonds is 4. The summed E-state index contributed by atoms with van der Waals surface area (Å²) in [4.78, 5) is 15.9. The van der Waals surface area contributed by atoms with Crippen LogP contribution >= 0.6 is 23.5 Å². The van der Waals surface area contributed by atoms with Crippen LogP contribution in [0.4, 0.5) is 0 Å². The molecule has 1 heterocycles. The molecule has 0 amide bonds. The third-order valence-corrected chi connectivity index (χ3v) is 6.16. The predicted molar refractivity (Wildman–Crippen MR) is 86.4 cm³/mol. The first-order valence-electron chi connectivity index (χ1n) is 6.94. The second-order valence-corrected chi connectivity index (χ2v) is 7.36. The first kappa shape index (κ1) is 14.5. The number of hydrogen-bond acceptors (Lipinski definition) is 3. The van der Waals surface area contributed by atoms with E-state index >= 15 is 0 Å². The van der Waals surface area contributed by atoms with E-state index in [0.717, 1.165) is 0 Å². The standard InChI is InChI=1S/C17H16O2S2/c1-11(6-9-17(18)19)12-7-8-15-16(10-12)21-14-5-3-2-4-13(14)20-15/h2-5,7-8,10-11H,6,9H2,1H3,(H,18,19). The lowest BCUT2D eigenvalue weighted by Gasteiger charge is -2.20. The summed E-state index contributed by atoms with van der Waals surface area (Å²) in [5.41, 5.74) is 1.22. The maximum atomic E-state index is 10.7. The van der Waals surface area contributed by atoms with Gasteiger partial charge in [-0.2, -0.15) is 0 Å². The smallest absolute Gasteiger partial charge is 0.303 e. The number of fused-ring (bicyclic) bond motifs is 2. The molecule has 2 aromatic carbocycles. The number of carboxylic acid groups (broad SMARTS) is 1. The molecule has 0 spiro atoms. The summed E-state index contributed by atoms with van der Waals surface area (Å²) in [7, 11) is 0. The molecule has 0 radical (unpaired) electrons. The van der Waals surface area contributed by atoms with E-state index in [1.54, 1.807) is 23.5 Å². The van der Waals surface area contributed by atoms with Crippen molar-refractivity contribution >= 4 is 29.5 Å². The van der Waals surface area contributed by atoms with Crippen molar-refractivity contribution < 1.29 is 9.90 Å². The Bertz CT molecular complexity index is 682. The topological polar surface area (TPSA) is 37.3 Å². The third kappa shape index (κ3) is 3.27. The third-order valence-electron chi connectivity index (χ3n) is 3.62. The molecule has 21 heavy (non-hydrogen) atoms. The summed E-state index contributed by atoms with van der Waals surface area (Å²) in [6.07, 6.45) is 0.908. The highest BCUT2D eigenvalue weighted by molar-refractivity contribution is 8.05. The number of benzene rings is 2. The summed E-state index contributed by atoms with van der Waals surface area (Å²) in [6.45, 7) is 2.10. The van der Waals surface area contributed by atoms with Gasteiger partial charge in [-0.1, -0.05) is 48.6 Å². The van der Waals surface area contributed by atoms with Crippen LogP contribution in [-0.2, 0) is 4.79 Å². The summed E-state index contributed by atoms with van der Waals surface area (Å²) >= 11 is 3.61. The molecule has 0 bridgehead atoms. The molecule has 1 atom stereocenters. The molecule has 1 aliphatic heterocycles. The lowest BCUT2D eigenvalue weighted by Crippen LogP contribution is -2.01. The van der Waals surface area contributed by atoms with Crippen LogP contribution in [0, 0.1) is 0 Å². The van der Waals surface area contributed by atoms with E-state index in [4.69, 9.17) is 5.11 Å². The van der Waals surface area contributed by atoms with Crippen LogP contribution in [0.25, 0.3) is 0 Å². The van der Waals surface area contributed by atoms with Crippen molar-refractivity contribution in [1.82, 2.24) is 0 Å². The quantitative estimate of drug-likeness (QED) is 0.711. The molecule has 1 N–H and O–H groups in total. The SMILES string of the molecule is CC(CCC(=O)O)c1ccc2c(c1)Sc1ccccc1S2. The fourth-order valence-electron chi connectivity index (χ4n) is 2.36. The zero-order valence-electron chi connectivity index (χ0n) is 11.7. The summed E-state index contributed by atoms with van der Waals surface area (Å²) in [5, 5.41) is 8.80. The average Bonchev–Trinajstić information content (AvgIpc) is 2.50. The number of aliphatic carboxylic acids is 1. The first-order chi connectivity index (χ1) is 10.1. The fraction of sp³-hybridized carbons (Fsp3) is 0.235. The molecule has 0 aliphatic carbocycles. The van der Waals surface area contributed by atoms with Crippen LogP contribution < -0.4 is 0 Å². The van der Waals surface area contributed by atoms with Crippen LogP contribution in [-0.4, -0.2) is 11.1 Å². The molecule has 2 nitrogen and oxygen atoms in total. The van der Waals surface area contributed by atoms with Crippen molar-refractivity contribution in [1.29, 1.82) is 0 Å². The second-order valence-electron chi connectivity index (χ2n) is 5.19. The van der Waals surface area contributed by atoms with E-state index < -0.39 is 5.97 Å². The van der Waals surface area contributed by atoms with Gasteiger partial charge in [0.2, 0.25) is 0 Å². The normalized spacial score (nSPS) is 14.1. The first-order valence-corrected chi connectivity index (χ1v) is 8.57. The van der Waals surface area contributed by atoms with Crippen LogP contribution in [0.15, 0.2) is 62.0 Å². The molecule has 108 valence electrons. The van der Waals surface area contributed by atoms with Gasteiger partial charge in [-0.25, -0.2) is 0 Å². The van der Waals surface area contributed by atoms with Gasteiger partial charge in [-0.15, -0.1) is 0 Å². The second kappa shape index (κ2) is 6.16. The van der Waals surface area contributed by atoms with Gasteiger partial charge in [-0.05, 0) is 42.2 Å². The molecule has 0 saturated carbocycles. The lowest BCUT2D eigenvalue weighted by molar-refractivity contribution is -0.137. The fourth-order valence-corrected chi connectivity index (χ4v) is 4.62. The number of carbonyl (C=O) groups is 1. The number of carboxylic acids is 1. The molecule has 3 rings (SSSR count). The van der Waals surface area contributed by atoms with Gasteiger partial charge >= 0.3 is 5.97 Å². The van der Waals surface area contributed by atoms with Crippen molar-refractivity contribution in [3.05, 3.63) is 48.0 Å². The minimum absolute atomic E-state index is 0.225. The highest BCUT2D eigenvalue weighted by atomic mass is 32.2. The zero-order valence-corrected chi connectivity index (χ0v) is 13.3. The Kier molecular flexibility index (Phi) is 4.27. The molecule has 0 aromatic heterocycles. The van der Waals surface area contributed by atoms with E-state index in [9.17, 15) is 4.79 Å². The predicted octanol–water partition coefficient (Wildman–Crippen LogP) is 5.27. The lowest BCUT2D eigenvalue weighted by atomic mass is 9.96. The summed E-state index contributed by atoms with van der Waals surface area (Å²) < 4.78 is 0. The minimum Gasteiger partial charge on any atom is -0.481 e. The monoisotopic (exact) mass is 316 g/mol. The Hall–Kier alpha value is -1.39. The Labute approximate surface area is 133 Å². The van der Waals surface area contributed by atoms with Crippen molar-refractivity contribution in [2.75, 3.05) is 0 Å². The molecule has 0 fully saturated rings. The highest BCUT2D eigenvalue weighted by Gasteiger charge is 2.18. The van der Waals surface area contributed by atoms with Crippen LogP contribution in [0.1, 0.15) is 31.2 Å². The summed E-state index contributed by atoms with van der Waals surface area (Å²) in [6, 6.07) is 14.9. The Morgan fingerprint density at radius 3 is 2.33 bits per heavy atom. The molecule has 2 aromatic rings. The van der Waals surface area contributed by atoms with E-state index in [1.807, 2.05) is 0 Å². The maximum Gasteiger partial charge on any atom is 0.303 e. The van der Waals surface area contributed by atoms with Gasteiger partial charge in [0, 0.05) is 26.0 Å². The van der Waals surface area contributed by atoms with Gasteiger partial charge < -0.3 is 5.11 Å². The van der Waals surface area contributed by atoms with Gasteiger partial charge in [0.15, 0.2) is 0 Å². The highest BCUT2D eigenvalue weighted by Crippen LogP contribution is 2.48. The van der Waals surface area contributed by atoms with Gasteiger partial charge in [0.05, 0.1) is 0 Å². The van der Waals surface area contributed by atoms with Crippen molar-refractivity contribution in [2.24, 2.45) is 0 Å². The Morgan fingerprint density at radius 1 is 1.05 bits per heavy atom. The van der Waals surface area contributed by atoms with Crippen LogP contribution in [0.5, 0.6) is 0 Å². The van der Waals surface area contributed by atoms with Crippen LogP contribution in [0.3, 0.4) is 0 Å². The average molecular weight is 316 g/mol. The van der Waals surface area contributed by atoms with Crippen molar-refractivity contribution in [2.45, 2.75) is 45.3 Å². The molecule has 1 aliphatic rings. The van der Waals surface area contributed by atoms with Crippen molar-refractivity contribution in [3.8, 4) is 0 Å². The molecule has 4 heteroatoms. The maximum absolute atomic E-state index is 10.7. The Balaban J connectivity index is 1.81. The largest absolute Gasteiger partial charge is 0.481 e. The molecular weight excluding hydrogens is 300 g/mol. The minimum atomic E-state index is -0.723. The zero-order chi connectivity index (χ0) is 14.8. The Morgan fingerprint density at radius 2 is 1.67 bits per heavy atom. The van der Waals surface area contributed by atoms with Crippen molar-refractivity contribution in [3.63, 3.8) is 0 Å². The van der Waals surface area contributed by atoms with E-state index in [1.165, 1.54) is 25.1 Å². The van der Waals surface area contributed by atoms with E-state index in [-0.39, 0.29) is 12.3 Å². The van der Waals surface area contributed by atoms with E-state index in [2.05, 4.69) is 49.4 Å². The van der Waals surface area contributed by atoms with E-state index in [0.29, 0.717) is 6.42 Å². The van der Waals surface area contributed by atoms with Gasteiger partial charge in [0.25, 0.3) is 0 Å². The number of hydrogen-bond donors (Lipinski definition) is 1. The van der Waals surface area contributed by atoms with Gasteiger partial charge in [-0.3, -0.25) is 4.79 Å².